The van der Waals surface area contributed by atoms with Gasteiger partial charge in [-0.3, -0.25) is 14.5 Å². The number of carbonyl (C=O) groups is 2. The van der Waals surface area contributed by atoms with Crippen LogP contribution in [0, 0.1) is 0 Å². The van der Waals surface area contributed by atoms with E-state index >= 15 is 0 Å². The highest BCUT2D eigenvalue weighted by molar-refractivity contribution is 9.10. The summed E-state index contributed by atoms with van der Waals surface area (Å²) in [6.07, 6.45) is 5.08. The maximum Gasteiger partial charge on any atom is 0.294 e. The Hall–Kier alpha value is -3.92. The number of methoxy groups -OCH3 is 1. The summed E-state index contributed by atoms with van der Waals surface area (Å²) < 4.78 is 12.0. The number of fused-ring (bicyclic) bond motifs is 1. The van der Waals surface area contributed by atoms with Crippen LogP contribution < -0.4 is 19.3 Å². The highest BCUT2D eigenvalue weighted by Gasteiger charge is 2.33. The molecule has 10 heteroatoms. The van der Waals surface area contributed by atoms with E-state index in [9.17, 15) is 9.59 Å². The van der Waals surface area contributed by atoms with Gasteiger partial charge in [-0.1, -0.05) is 18.2 Å². The fourth-order valence-corrected chi connectivity index (χ4v) is 4.75. The quantitative estimate of drug-likeness (QED) is 0.451. The third-order valence-electron chi connectivity index (χ3n) is 6.07. The number of amides is 2. The molecule has 0 aliphatic carbocycles. The maximum absolute atomic E-state index is 13.5. The van der Waals surface area contributed by atoms with Crippen molar-refractivity contribution in [3.05, 3.63) is 76.7 Å². The Kier molecular flexibility index (Phi) is 6.86. The number of hydrogen-bond donors (Lipinski definition) is 0. The second-order valence-corrected chi connectivity index (χ2v) is 9.13. The Labute approximate surface area is 217 Å². The third kappa shape index (κ3) is 4.90. The molecular weight excluding hydrogens is 526 g/mol. The van der Waals surface area contributed by atoms with Gasteiger partial charge in [0.15, 0.2) is 11.5 Å². The lowest BCUT2D eigenvalue weighted by atomic mass is 10.1. The van der Waals surface area contributed by atoms with Gasteiger partial charge in [0.1, 0.15) is 12.3 Å². The van der Waals surface area contributed by atoms with Gasteiger partial charge >= 0.3 is 0 Å². The molecule has 3 aromatic rings. The topological polar surface area (TPSA) is 88.1 Å². The van der Waals surface area contributed by atoms with Gasteiger partial charge in [-0.05, 0) is 57.9 Å². The van der Waals surface area contributed by atoms with Crippen LogP contribution in [0.15, 0.2) is 71.2 Å². The zero-order valence-electron chi connectivity index (χ0n) is 19.6. The minimum atomic E-state index is -0.370. The van der Waals surface area contributed by atoms with Crippen LogP contribution in [-0.2, 0) is 9.59 Å². The fourth-order valence-electron chi connectivity index (χ4n) is 4.19. The molecule has 0 N–H and O–H groups in total. The molecular formula is C26H24BrN5O4. The number of para-hydroxylation sites is 2. The van der Waals surface area contributed by atoms with Crippen LogP contribution in [0.25, 0.3) is 6.08 Å². The number of halogens is 1. The van der Waals surface area contributed by atoms with E-state index in [-0.39, 0.29) is 24.1 Å². The molecule has 9 nitrogen and oxygen atoms in total. The van der Waals surface area contributed by atoms with Crippen LogP contribution in [0.3, 0.4) is 0 Å². The molecule has 1 saturated heterocycles. The maximum atomic E-state index is 13.5. The van der Waals surface area contributed by atoms with Crippen molar-refractivity contribution in [1.82, 2.24) is 14.9 Å². The van der Waals surface area contributed by atoms with Gasteiger partial charge in [0, 0.05) is 38.6 Å². The lowest BCUT2D eigenvalue weighted by molar-refractivity contribution is -0.131. The number of ether oxygens (including phenoxy) is 2. The van der Waals surface area contributed by atoms with Crippen LogP contribution in [-0.4, -0.2) is 66.5 Å². The van der Waals surface area contributed by atoms with E-state index in [0.717, 1.165) is 10.0 Å². The summed E-state index contributed by atoms with van der Waals surface area (Å²) in [6.45, 7) is 2.23. The van der Waals surface area contributed by atoms with E-state index in [1.807, 2.05) is 29.2 Å². The van der Waals surface area contributed by atoms with Crippen molar-refractivity contribution in [2.24, 2.45) is 0 Å². The fraction of sp³-hybridized carbons (Fsp3) is 0.231. The number of hydrogen-bond acceptors (Lipinski definition) is 7. The molecule has 0 spiro atoms. The first kappa shape index (κ1) is 23.8. The largest absolute Gasteiger partial charge is 0.496 e. The van der Waals surface area contributed by atoms with E-state index in [0.29, 0.717) is 49.3 Å². The number of carbonyl (C=O) groups excluding carboxylic acids is 2. The van der Waals surface area contributed by atoms with Gasteiger partial charge < -0.3 is 19.3 Å². The van der Waals surface area contributed by atoms with E-state index in [1.54, 1.807) is 54.7 Å². The number of aromatic nitrogens is 2. The number of piperazine rings is 1. The minimum Gasteiger partial charge on any atom is -0.496 e. The van der Waals surface area contributed by atoms with Crippen molar-refractivity contribution in [2.45, 2.75) is 0 Å². The van der Waals surface area contributed by atoms with E-state index in [2.05, 4.69) is 25.9 Å². The molecule has 2 aliphatic heterocycles. The van der Waals surface area contributed by atoms with Crippen LogP contribution in [0.1, 0.15) is 5.56 Å². The Morgan fingerprint density at radius 3 is 2.56 bits per heavy atom. The molecule has 1 fully saturated rings. The summed E-state index contributed by atoms with van der Waals surface area (Å²) in [5.41, 5.74) is 1.33. The first-order valence-electron chi connectivity index (χ1n) is 11.5. The highest BCUT2D eigenvalue weighted by Crippen LogP contribution is 2.36. The summed E-state index contributed by atoms with van der Waals surface area (Å²) in [5, 5.41) is 0. The first-order valence-corrected chi connectivity index (χ1v) is 12.3. The Balaban J connectivity index is 1.33. The van der Waals surface area contributed by atoms with Gasteiger partial charge in [-0.25, -0.2) is 9.97 Å². The number of rotatable bonds is 5. The molecule has 1 aromatic heterocycles. The number of anilines is 2. The molecule has 0 unspecified atom stereocenters. The normalized spacial score (nSPS) is 16.6. The van der Waals surface area contributed by atoms with Crippen molar-refractivity contribution < 1.29 is 19.1 Å². The molecule has 0 saturated carbocycles. The van der Waals surface area contributed by atoms with Crippen LogP contribution >= 0.6 is 15.9 Å². The predicted molar refractivity (Wildman–Crippen MR) is 139 cm³/mol. The Morgan fingerprint density at radius 2 is 1.83 bits per heavy atom. The third-order valence-corrected chi connectivity index (χ3v) is 6.69. The zero-order valence-corrected chi connectivity index (χ0v) is 21.2. The first-order chi connectivity index (χ1) is 17.5. The second kappa shape index (κ2) is 10.4. The molecule has 2 aliphatic rings. The zero-order chi connectivity index (χ0) is 25.1. The molecule has 0 atom stereocenters. The Morgan fingerprint density at radius 1 is 1.08 bits per heavy atom. The second-order valence-electron chi connectivity index (χ2n) is 8.28. The number of nitrogens with zero attached hydrogens (tertiary/aromatic N) is 5. The van der Waals surface area contributed by atoms with Crippen molar-refractivity contribution in [3.8, 4) is 11.5 Å². The standard InChI is InChI=1S/C26H24BrN5O4/c1-35-21-8-7-18(15-19(21)27)16-23-25(34)32(20-5-2-3-6-22(20)36-23)17-24(33)30-11-13-31(14-12-30)26-28-9-4-10-29-26/h2-10,15-16H,11-14,17H2,1H3/b23-16-. The van der Waals surface area contributed by atoms with Crippen molar-refractivity contribution in [2.75, 3.05) is 49.6 Å². The van der Waals surface area contributed by atoms with Gasteiger partial charge in [-0.2, -0.15) is 0 Å². The Bertz CT molecular complexity index is 1310. The molecule has 0 radical (unpaired) electrons. The van der Waals surface area contributed by atoms with E-state index < -0.39 is 0 Å². The van der Waals surface area contributed by atoms with E-state index in [1.165, 1.54) is 4.90 Å². The van der Waals surface area contributed by atoms with Gasteiger partial charge in [0.25, 0.3) is 5.91 Å². The lowest BCUT2D eigenvalue weighted by Gasteiger charge is -2.36. The minimum absolute atomic E-state index is 0.0787. The highest BCUT2D eigenvalue weighted by atomic mass is 79.9. The smallest absolute Gasteiger partial charge is 0.294 e. The summed E-state index contributed by atoms with van der Waals surface area (Å²) in [7, 11) is 1.59. The van der Waals surface area contributed by atoms with Crippen LogP contribution in [0.2, 0.25) is 0 Å². The molecule has 184 valence electrons. The van der Waals surface area contributed by atoms with Crippen molar-refractivity contribution >= 4 is 45.5 Å². The molecule has 36 heavy (non-hydrogen) atoms. The van der Waals surface area contributed by atoms with Crippen LogP contribution in [0.5, 0.6) is 11.5 Å². The summed E-state index contributed by atoms with van der Waals surface area (Å²) >= 11 is 3.47. The molecule has 2 aromatic carbocycles. The summed E-state index contributed by atoms with van der Waals surface area (Å²) in [4.78, 5) is 40.6. The molecule has 0 bridgehead atoms. The van der Waals surface area contributed by atoms with Gasteiger partial charge in [-0.15, -0.1) is 0 Å². The van der Waals surface area contributed by atoms with Crippen molar-refractivity contribution in [1.29, 1.82) is 0 Å². The molecule has 3 heterocycles. The molecule has 2 amide bonds. The van der Waals surface area contributed by atoms with Gasteiger partial charge in [0.2, 0.25) is 11.9 Å². The summed E-state index contributed by atoms with van der Waals surface area (Å²) in [6, 6.07) is 14.5. The molecule has 5 rings (SSSR count). The summed E-state index contributed by atoms with van der Waals surface area (Å²) in [5.74, 6) is 1.51. The lowest BCUT2D eigenvalue weighted by Crippen LogP contribution is -2.53. The van der Waals surface area contributed by atoms with Crippen LogP contribution in [0.4, 0.5) is 11.6 Å². The van der Waals surface area contributed by atoms with Crippen molar-refractivity contribution in [3.63, 3.8) is 0 Å². The van der Waals surface area contributed by atoms with Gasteiger partial charge in [0.05, 0.1) is 17.3 Å². The average Bonchev–Trinajstić information content (AvgIpc) is 2.91. The van der Waals surface area contributed by atoms with E-state index in [4.69, 9.17) is 9.47 Å². The monoisotopic (exact) mass is 549 g/mol. The predicted octanol–water partition coefficient (Wildman–Crippen LogP) is 3.36. The number of benzene rings is 2. The average molecular weight is 550 g/mol. The SMILES string of the molecule is COc1ccc(/C=C2\Oc3ccccc3N(CC(=O)N3CCN(c4ncccn4)CC3)C2=O)cc1Br.